The Balaban J connectivity index is 0.000000443. The Morgan fingerprint density at radius 1 is 0.487 bits per heavy atom. The highest BCUT2D eigenvalue weighted by Gasteiger charge is 2.13. The normalized spacial score (nSPS) is 25.5. The van der Waals surface area contributed by atoms with Crippen LogP contribution in [0.3, 0.4) is 0 Å². The van der Waals surface area contributed by atoms with Gasteiger partial charge in [0.1, 0.15) is 0 Å². The van der Waals surface area contributed by atoms with E-state index >= 15 is 0 Å². The standard InChI is InChI=1S/2C6H13N.C5H11N.3C4H10N2.CH4/c1-6-2-4-7-5-3-6;7-6-4-2-1-3-5-6;6-5-3-1-2-4-5;2*5-1-4-2-6-3-4;5-4-1-2-6-3-4;/h6-7H,2-5H2,1H3;6H,1-5,7H2;5H,1-4,6H2;3*4,6H,1-3,5H2;1H4. The number of hydrogen-bond acceptors (Lipinski definition) is 9. The maximum atomic E-state index is 5.63. The van der Waals surface area contributed by atoms with E-state index in [0.29, 0.717) is 18.1 Å². The van der Waals surface area contributed by atoms with E-state index in [0.717, 1.165) is 76.5 Å². The third-order valence-electron chi connectivity index (χ3n) is 8.17. The minimum absolute atomic E-state index is 0. The van der Waals surface area contributed by atoms with E-state index in [1.807, 2.05) is 0 Å². The van der Waals surface area contributed by atoms with Crippen molar-refractivity contribution in [3.8, 4) is 0 Å². The maximum Gasteiger partial charge on any atom is 0.0177 e. The molecule has 0 aromatic heterocycles. The van der Waals surface area contributed by atoms with E-state index in [9.17, 15) is 0 Å². The molecule has 4 aliphatic heterocycles. The molecule has 236 valence electrons. The van der Waals surface area contributed by atoms with E-state index in [1.54, 1.807) is 0 Å². The van der Waals surface area contributed by atoms with Gasteiger partial charge in [-0.1, -0.05) is 46.5 Å². The van der Waals surface area contributed by atoms with E-state index in [-0.39, 0.29) is 7.43 Å². The Morgan fingerprint density at radius 3 is 1.05 bits per heavy atom. The van der Waals surface area contributed by atoms with Crippen LogP contribution in [0.4, 0.5) is 0 Å². The van der Waals surface area contributed by atoms with Gasteiger partial charge in [-0.25, -0.2) is 0 Å². The molecule has 39 heavy (non-hydrogen) atoms. The van der Waals surface area contributed by atoms with E-state index in [2.05, 4.69) is 28.2 Å². The summed E-state index contributed by atoms with van der Waals surface area (Å²) >= 11 is 0. The zero-order chi connectivity index (χ0) is 27.8. The quantitative estimate of drug-likeness (QED) is 0.243. The van der Waals surface area contributed by atoms with Crippen molar-refractivity contribution in [1.82, 2.24) is 21.3 Å². The van der Waals surface area contributed by atoms with Gasteiger partial charge in [0.15, 0.2) is 0 Å². The molecular weight excluding hydrogens is 486 g/mol. The lowest BCUT2D eigenvalue weighted by molar-refractivity contribution is 0.357. The van der Waals surface area contributed by atoms with Crippen molar-refractivity contribution < 1.29 is 0 Å². The molecule has 0 aromatic carbocycles. The highest BCUT2D eigenvalue weighted by atomic mass is 15.0. The Morgan fingerprint density at radius 2 is 0.897 bits per heavy atom. The van der Waals surface area contributed by atoms with E-state index in [4.69, 9.17) is 28.7 Å². The van der Waals surface area contributed by atoms with Crippen molar-refractivity contribution in [3.63, 3.8) is 0 Å². The predicted octanol–water partition coefficient (Wildman–Crippen LogP) is 1.44. The van der Waals surface area contributed by atoms with Crippen molar-refractivity contribution >= 4 is 0 Å². The summed E-state index contributed by atoms with van der Waals surface area (Å²) in [6, 6.07) is 1.52. The Hall–Kier alpha value is -0.360. The van der Waals surface area contributed by atoms with Crippen LogP contribution < -0.4 is 49.9 Å². The van der Waals surface area contributed by atoms with Gasteiger partial charge in [0.2, 0.25) is 0 Å². The molecule has 2 saturated carbocycles. The second-order valence-corrected chi connectivity index (χ2v) is 12.1. The van der Waals surface area contributed by atoms with Crippen molar-refractivity contribution in [2.75, 3.05) is 65.4 Å². The minimum Gasteiger partial charge on any atom is -0.330 e. The van der Waals surface area contributed by atoms with E-state index < -0.39 is 0 Å². The topological polar surface area (TPSA) is 178 Å². The summed E-state index contributed by atoms with van der Waals surface area (Å²) in [7, 11) is 0. The van der Waals surface area contributed by atoms with Crippen molar-refractivity contribution in [3.05, 3.63) is 0 Å². The molecule has 0 spiro atoms. The smallest absolute Gasteiger partial charge is 0.0177 e. The number of piperidine rings is 1. The molecule has 14 N–H and O–H groups in total. The monoisotopic (exact) mass is 558 g/mol. The first-order valence-corrected chi connectivity index (χ1v) is 15.9. The largest absolute Gasteiger partial charge is 0.330 e. The molecule has 1 unspecified atom stereocenters. The zero-order valence-corrected chi connectivity index (χ0v) is 24.9. The fraction of sp³-hybridized carbons (Fsp3) is 1.00. The number of nitrogens with two attached hydrogens (primary N) is 5. The summed E-state index contributed by atoms with van der Waals surface area (Å²) in [6.45, 7) is 13.2. The first-order valence-electron chi connectivity index (χ1n) is 15.9. The predicted molar refractivity (Wildman–Crippen MR) is 172 cm³/mol. The molecule has 0 radical (unpaired) electrons. The molecule has 6 aliphatic rings. The molecule has 2 aliphatic carbocycles. The Labute approximate surface area is 242 Å². The van der Waals surface area contributed by atoms with Gasteiger partial charge in [-0.05, 0) is 95.4 Å². The summed E-state index contributed by atoms with van der Waals surface area (Å²) in [5, 5.41) is 12.7. The molecule has 6 fully saturated rings. The molecule has 0 amide bonds. The van der Waals surface area contributed by atoms with Crippen molar-refractivity contribution in [2.24, 2.45) is 46.4 Å². The maximum absolute atomic E-state index is 5.63. The third-order valence-corrected chi connectivity index (χ3v) is 8.17. The summed E-state index contributed by atoms with van der Waals surface area (Å²) in [5.41, 5.74) is 27.2. The summed E-state index contributed by atoms with van der Waals surface area (Å²) in [6.07, 6.45) is 15.8. The van der Waals surface area contributed by atoms with Crippen LogP contribution in [0.5, 0.6) is 0 Å². The van der Waals surface area contributed by atoms with Gasteiger partial charge in [-0.15, -0.1) is 0 Å². The number of nitrogens with one attached hydrogen (secondary N) is 4. The molecule has 1 atom stereocenters. The average Bonchev–Trinajstić information content (AvgIpc) is 3.54. The first kappa shape index (κ1) is 38.6. The molecule has 6 rings (SSSR count). The van der Waals surface area contributed by atoms with Crippen LogP contribution in [-0.4, -0.2) is 83.6 Å². The number of rotatable bonds is 2. The molecular formula is C30H71N9. The van der Waals surface area contributed by atoms with Crippen LogP contribution in [0.15, 0.2) is 0 Å². The van der Waals surface area contributed by atoms with Crippen molar-refractivity contribution in [1.29, 1.82) is 0 Å². The highest BCUT2D eigenvalue weighted by Crippen LogP contribution is 2.15. The molecule has 4 heterocycles. The van der Waals surface area contributed by atoms with E-state index in [1.165, 1.54) is 83.7 Å². The first-order chi connectivity index (χ1) is 18.4. The fourth-order valence-electron chi connectivity index (χ4n) is 4.77. The lowest BCUT2D eigenvalue weighted by atomic mass is 9.97. The van der Waals surface area contributed by atoms with Crippen LogP contribution >= 0.6 is 0 Å². The van der Waals surface area contributed by atoms with Crippen LogP contribution in [-0.2, 0) is 0 Å². The van der Waals surface area contributed by atoms with Gasteiger partial charge >= 0.3 is 0 Å². The fourth-order valence-corrected chi connectivity index (χ4v) is 4.77. The van der Waals surface area contributed by atoms with Gasteiger partial charge < -0.3 is 49.9 Å². The van der Waals surface area contributed by atoms with Crippen LogP contribution in [0.1, 0.15) is 91.4 Å². The molecule has 0 bridgehead atoms. The zero-order valence-electron chi connectivity index (χ0n) is 24.9. The summed E-state index contributed by atoms with van der Waals surface area (Å²) in [4.78, 5) is 0. The lowest BCUT2D eigenvalue weighted by Gasteiger charge is -2.24. The number of hydrogen-bond donors (Lipinski definition) is 9. The van der Waals surface area contributed by atoms with Gasteiger partial charge in [0.25, 0.3) is 0 Å². The van der Waals surface area contributed by atoms with Crippen LogP contribution in [0, 0.1) is 17.8 Å². The lowest BCUT2D eigenvalue weighted by Crippen LogP contribution is -2.45. The second kappa shape index (κ2) is 26.5. The average molecular weight is 558 g/mol. The van der Waals surface area contributed by atoms with Crippen LogP contribution in [0.25, 0.3) is 0 Å². The highest BCUT2D eigenvalue weighted by molar-refractivity contribution is 4.75. The molecule has 0 aromatic rings. The third kappa shape index (κ3) is 23.0. The summed E-state index contributed by atoms with van der Waals surface area (Å²) in [5.74, 6) is 2.54. The molecule has 9 nitrogen and oxygen atoms in total. The molecule has 4 saturated heterocycles. The summed E-state index contributed by atoms with van der Waals surface area (Å²) < 4.78 is 0. The van der Waals surface area contributed by atoms with Gasteiger partial charge in [0.05, 0.1) is 0 Å². The Kier molecular flexibility index (Phi) is 26.3. The van der Waals surface area contributed by atoms with Gasteiger partial charge in [-0.2, -0.15) is 0 Å². The Bertz CT molecular complexity index is 429. The van der Waals surface area contributed by atoms with Crippen LogP contribution in [0.2, 0.25) is 0 Å². The van der Waals surface area contributed by atoms with Crippen molar-refractivity contribution in [2.45, 2.75) is 110 Å². The SMILES string of the molecule is C.CC1CCNCC1.NC1CCCC1.NC1CCCCC1.NC1CCNC1.NCC1CNC1.NCC1CNC1. The minimum atomic E-state index is 0. The second-order valence-electron chi connectivity index (χ2n) is 12.1. The van der Waals surface area contributed by atoms with Gasteiger partial charge in [0, 0.05) is 50.8 Å². The van der Waals surface area contributed by atoms with Gasteiger partial charge in [-0.3, -0.25) is 0 Å². The molecule has 9 heteroatoms.